The summed E-state index contributed by atoms with van der Waals surface area (Å²) in [6, 6.07) is 4.29. The maximum Gasteiger partial charge on any atom is 0.231 e. The van der Waals surface area contributed by atoms with Crippen LogP contribution in [0.25, 0.3) is 22.4 Å². The van der Waals surface area contributed by atoms with Gasteiger partial charge in [-0.3, -0.25) is 0 Å². The zero-order valence-electron chi connectivity index (χ0n) is 11.2. The Morgan fingerprint density at radius 2 is 1.74 bits per heavy atom. The molecule has 0 aliphatic rings. The number of rotatable bonds is 1. The van der Waals surface area contributed by atoms with Crippen molar-refractivity contribution < 1.29 is 4.42 Å². The fourth-order valence-electron chi connectivity index (χ4n) is 2.64. The van der Waals surface area contributed by atoms with E-state index in [1.54, 1.807) is 0 Å². The molecule has 0 fully saturated rings. The average molecular weight is 253 g/mol. The second-order valence-corrected chi connectivity index (χ2v) is 4.87. The van der Waals surface area contributed by atoms with Gasteiger partial charge in [-0.15, -0.1) is 0 Å². The highest BCUT2D eigenvalue weighted by Gasteiger charge is 2.16. The maximum atomic E-state index is 5.97. The van der Waals surface area contributed by atoms with Gasteiger partial charge in [-0.2, -0.15) is 0 Å². The Labute approximate surface area is 111 Å². The van der Waals surface area contributed by atoms with Gasteiger partial charge in [0.05, 0.1) is 16.8 Å². The van der Waals surface area contributed by atoms with Gasteiger partial charge in [0.25, 0.3) is 0 Å². The third-order valence-corrected chi connectivity index (χ3v) is 3.31. The van der Waals surface area contributed by atoms with Crippen LogP contribution in [0.2, 0.25) is 0 Å². The molecule has 19 heavy (non-hydrogen) atoms. The van der Waals surface area contributed by atoms with Gasteiger partial charge < -0.3 is 10.2 Å². The van der Waals surface area contributed by atoms with Crippen LogP contribution in [0.3, 0.4) is 0 Å². The lowest BCUT2D eigenvalue weighted by atomic mass is 9.96. The first-order chi connectivity index (χ1) is 9.08. The predicted molar refractivity (Wildman–Crippen MR) is 75.9 cm³/mol. The Bertz CT molecular complexity index is 751. The van der Waals surface area contributed by atoms with Crippen molar-refractivity contribution >= 4 is 16.8 Å². The standard InChI is InChI=1S/C15H15N3O/c1-8-4-9(2)12(10(3)5-8)14-13-11(16)6-19-15(13)18-7-17-14/h4-7H,16H2,1-3H3. The molecule has 2 aromatic heterocycles. The molecule has 2 heterocycles. The average Bonchev–Trinajstić information content (AvgIpc) is 2.71. The molecule has 0 saturated carbocycles. The van der Waals surface area contributed by atoms with Crippen molar-refractivity contribution in [2.75, 3.05) is 5.73 Å². The lowest BCUT2D eigenvalue weighted by Crippen LogP contribution is -1.95. The minimum atomic E-state index is 0.530. The fraction of sp³-hybridized carbons (Fsp3) is 0.200. The zero-order chi connectivity index (χ0) is 13.6. The van der Waals surface area contributed by atoms with Gasteiger partial charge in [0.15, 0.2) is 0 Å². The van der Waals surface area contributed by atoms with E-state index in [1.165, 1.54) is 29.3 Å². The first-order valence-corrected chi connectivity index (χ1v) is 6.14. The molecule has 96 valence electrons. The highest BCUT2D eigenvalue weighted by Crippen LogP contribution is 2.34. The number of aryl methyl sites for hydroxylation is 3. The molecule has 4 heteroatoms. The minimum Gasteiger partial charge on any atom is -0.444 e. The summed E-state index contributed by atoms with van der Waals surface area (Å²) in [5.74, 6) is 0. The van der Waals surface area contributed by atoms with Crippen molar-refractivity contribution in [3.63, 3.8) is 0 Å². The minimum absolute atomic E-state index is 0.530. The molecule has 0 unspecified atom stereocenters. The summed E-state index contributed by atoms with van der Waals surface area (Å²) in [5.41, 5.74) is 12.6. The van der Waals surface area contributed by atoms with Crippen LogP contribution < -0.4 is 5.73 Å². The van der Waals surface area contributed by atoms with Crippen LogP contribution in [-0.4, -0.2) is 9.97 Å². The van der Waals surface area contributed by atoms with Crippen LogP contribution in [-0.2, 0) is 0 Å². The Kier molecular flexibility index (Phi) is 2.52. The second kappa shape index (κ2) is 4.09. The number of furan rings is 1. The van der Waals surface area contributed by atoms with E-state index in [0.29, 0.717) is 11.4 Å². The molecule has 0 amide bonds. The van der Waals surface area contributed by atoms with E-state index in [0.717, 1.165) is 16.6 Å². The molecule has 0 atom stereocenters. The monoisotopic (exact) mass is 253 g/mol. The number of nitrogen functional groups attached to an aromatic ring is 1. The zero-order valence-corrected chi connectivity index (χ0v) is 11.2. The highest BCUT2D eigenvalue weighted by molar-refractivity contribution is 5.99. The quantitative estimate of drug-likeness (QED) is 0.721. The van der Waals surface area contributed by atoms with Gasteiger partial charge >= 0.3 is 0 Å². The normalized spacial score (nSPS) is 11.1. The maximum absolute atomic E-state index is 5.97. The van der Waals surface area contributed by atoms with Gasteiger partial charge in [-0.05, 0) is 31.9 Å². The van der Waals surface area contributed by atoms with E-state index in [4.69, 9.17) is 10.2 Å². The summed E-state index contributed by atoms with van der Waals surface area (Å²) in [6.07, 6.45) is 3.03. The SMILES string of the molecule is Cc1cc(C)c(-c2ncnc3occ(N)c23)c(C)c1. The van der Waals surface area contributed by atoms with Crippen LogP contribution in [0, 0.1) is 20.8 Å². The van der Waals surface area contributed by atoms with E-state index in [9.17, 15) is 0 Å². The number of hydrogen-bond acceptors (Lipinski definition) is 4. The summed E-state index contributed by atoms with van der Waals surface area (Å²) in [5, 5.41) is 0.789. The van der Waals surface area contributed by atoms with Crippen molar-refractivity contribution in [2.24, 2.45) is 0 Å². The molecule has 2 N–H and O–H groups in total. The largest absolute Gasteiger partial charge is 0.444 e. The molecule has 0 bridgehead atoms. The molecule has 4 nitrogen and oxygen atoms in total. The summed E-state index contributed by atoms with van der Waals surface area (Å²) >= 11 is 0. The molecule has 0 aliphatic carbocycles. The van der Waals surface area contributed by atoms with E-state index in [2.05, 4.69) is 42.9 Å². The third kappa shape index (κ3) is 1.76. The highest BCUT2D eigenvalue weighted by atomic mass is 16.3. The Hall–Kier alpha value is -2.36. The summed E-state index contributed by atoms with van der Waals surface area (Å²) < 4.78 is 5.34. The van der Waals surface area contributed by atoms with E-state index in [-0.39, 0.29) is 0 Å². The van der Waals surface area contributed by atoms with E-state index < -0.39 is 0 Å². The molecule has 1 aromatic carbocycles. The first kappa shape index (κ1) is 11.7. The molecule has 0 saturated heterocycles. The summed E-state index contributed by atoms with van der Waals surface area (Å²) in [7, 11) is 0. The fourth-order valence-corrected chi connectivity index (χ4v) is 2.64. The molecular weight excluding hydrogens is 238 g/mol. The van der Waals surface area contributed by atoms with Crippen LogP contribution >= 0.6 is 0 Å². The predicted octanol–water partition coefficient (Wildman–Crippen LogP) is 3.40. The van der Waals surface area contributed by atoms with Crippen molar-refractivity contribution in [1.29, 1.82) is 0 Å². The van der Waals surface area contributed by atoms with Gasteiger partial charge in [0, 0.05) is 5.56 Å². The number of nitrogens with two attached hydrogens (primary N) is 1. The van der Waals surface area contributed by atoms with Crippen molar-refractivity contribution in [1.82, 2.24) is 9.97 Å². The van der Waals surface area contributed by atoms with Crippen LogP contribution in [0.15, 0.2) is 29.1 Å². The van der Waals surface area contributed by atoms with Gasteiger partial charge in [-0.25, -0.2) is 9.97 Å². The Balaban J connectivity index is 2.40. The van der Waals surface area contributed by atoms with Gasteiger partial charge in [0.2, 0.25) is 5.71 Å². The third-order valence-electron chi connectivity index (χ3n) is 3.31. The number of aromatic nitrogens is 2. The number of nitrogens with zero attached hydrogens (tertiary/aromatic N) is 2. The lowest BCUT2D eigenvalue weighted by Gasteiger charge is -2.11. The van der Waals surface area contributed by atoms with Crippen LogP contribution in [0.5, 0.6) is 0 Å². The van der Waals surface area contributed by atoms with Gasteiger partial charge in [-0.1, -0.05) is 17.7 Å². The number of anilines is 1. The Morgan fingerprint density at radius 1 is 1.05 bits per heavy atom. The number of hydrogen-bond donors (Lipinski definition) is 1. The van der Waals surface area contributed by atoms with E-state index in [1.807, 2.05) is 0 Å². The van der Waals surface area contributed by atoms with Gasteiger partial charge in [0.1, 0.15) is 12.6 Å². The van der Waals surface area contributed by atoms with Crippen molar-refractivity contribution in [3.05, 3.63) is 41.4 Å². The molecule has 0 radical (unpaired) electrons. The molecule has 0 spiro atoms. The number of fused-ring (bicyclic) bond motifs is 1. The molecule has 3 rings (SSSR count). The van der Waals surface area contributed by atoms with Crippen molar-refractivity contribution in [3.8, 4) is 11.3 Å². The molecule has 0 aliphatic heterocycles. The number of benzene rings is 1. The van der Waals surface area contributed by atoms with Crippen LogP contribution in [0.4, 0.5) is 5.69 Å². The van der Waals surface area contributed by atoms with Crippen LogP contribution in [0.1, 0.15) is 16.7 Å². The first-order valence-electron chi connectivity index (χ1n) is 6.14. The smallest absolute Gasteiger partial charge is 0.231 e. The Morgan fingerprint density at radius 3 is 2.42 bits per heavy atom. The summed E-state index contributed by atoms with van der Waals surface area (Å²) in [6.45, 7) is 6.25. The second-order valence-electron chi connectivity index (χ2n) is 4.87. The molecular formula is C15H15N3O. The van der Waals surface area contributed by atoms with E-state index >= 15 is 0 Å². The van der Waals surface area contributed by atoms with Crippen molar-refractivity contribution in [2.45, 2.75) is 20.8 Å². The molecule has 3 aromatic rings. The lowest BCUT2D eigenvalue weighted by molar-refractivity contribution is 0.603. The summed E-state index contributed by atoms with van der Waals surface area (Å²) in [4.78, 5) is 8.52. The topological polar surface area (TPSA) is 64.9 Å².